The number of aromatic nitrogens is 4. The maximum Gasteiger partial charge on any atom is 0.305 e. The van der Waals surface area contributed by atoms with Crippen LogP contribution in [0, 0.1) is 10.1 Å². The van der Waals surface area contributed by atoms with Gasteiger partial charge in [-0.05, 0) is 17.8 Å². The minimum Gasteiger partial charge on any atom is -0.258 e. The Morgan fingerprint density at radius 3 is 2.19 bits per heavy atom. The van der Waals surface area contributed by atoms with E-state index in [9.17, 15) is 10.1 Å². The van der Waals surface area contributed by atoms with Crippen LogP contribution in [0.5, 0.6) is 0 Å². The molecule has 0 amide bonds. The standard InChI is InChI=1S/C8H5N5O2S/c14-13(15)6-4-11-8(12-5-6)16-7-9-2-1-3-10-7/h1-5H. The van der Waals surface area contributed by atoms with E-state index in [1.807, 2.05) is 0 Å². The van der Waals surface area contributed by atoms with Crippen LogP contribution in [0.4, 0.5) is 5.69 Å². The highest BCUT2D eigenvalue weighted by atomic mass is 32.2. The van der Waals surface area contributed by atoms with E-state index in [2.05, 4.69) is 19.9 Å². The maximum absolute atomic E-state index is 10.4. The number of rotatable bonds is 3. The van der Waals surface area contributed by atoms with Crippen LogP contribution >= 0.6 is 11.8 Å². The normalized spacial score (nSPS) is 10.0. The SMILES string of the molecule is O=[N+]([O-])c1cnc(Sc2ncccn2)nc1. The molecule has 0 saturated carbocycles. The van der Waals surface area contributed by atoms with Gasteiger partial charge in [0.2, 0.25) is 0 Å². The van der Waals surface area contributed by atoms with Gasteiger partial charge >= 0.3 is 5.69 Å². The first-order valence-electron chi connectivity index (χ1n) is 4.17. The first-order chi connectivity index (χ1) is 7.75. The van der Waals surface area contributed by atoms with Crippen molar-refractivity contribution < 1.29 is 4.92 Å². The molecule has 0 radical (unpaired) electrons. The first kappa shape index (κ1) is 10.4. The number of nitro groups is 1. The lowest BCUT2D eigenvalue weighted by Crippen LogP contribution is -1.93. The summed E-state index contributed by atoms with van der Waals surface area (Å²) >= 11 is 1.14. The molecule has 2 heterocycles. The molecule has 2 rings (SSSR count). The van der Waals surface area contributed by atoms with E-state index in [1.165, 1.54) is 0 Å². The average molecular weight is 235 g/mol. The Morgan fingerprint density at radius 1 is 1.06 bits per heavy atom. The molecule has 0 aliphatic heterocycles. The summed E-state index contributed by atoms with van der Waals surface area (Å²) in [6, 6.07) is 1.70. The highest BCUT2D eigenvalue weighted by molar-refractivity contribution is 7.99. The van der Waals surface area contributed by atoms with E-state index in [0.29, 0.717) is 10.3 Å². The lowest BCUT2D eigenvalue weighted by Gasteiger charge is -1.96. The molecule has 2 aromatic rings. The summed E-state index contributed by atoms with van der Waals surface area (Å²) < 4.78 is 0. The van der Waals surface area contributed by atoms with Crippen LogP contribution in [0.2, 0.25) is 0 Å². The zero-order chi connectivity index (χ0) is 11.4. The first-order valence-corrected chi connectivity index (χ1v) is 4.98. The van der Waals surface area contributed by atoms with E-state index in [0.717, 1.165) is 24.2 Å². The van der Waals surface area contributed by atoms with Crippen molar-refractivity contribution in [2.45, 2.75) is 10.3 Å². The largest absolute Gasteiger partial charge is 0.305 e. The van der Waals surface area contributed by atoms with Gasteiger partial charge in [-0.15, -0.1) is 0 Å². The lowest BCUT2D eigenvalue weighted by molar-refractivity contribution is -0.385. The molecule has 0 fully saturated rings. The van der Waals surface area contributed by atoms with Crippen LogP contribution < -0.4 is 0 Å². The lowest BCUT2D eigenvalue weighted by atomic mass is 10.6. The van der Waals surface area contributed by atoms with Crippen molar-refractivity contribution in [2.24, 2.45) is 0 Å². The van der Waals surface area contributed by atoms with Gasteiger partial charge in [0.1, 0.15) is 12.4 Å². The molecular formula is C8H5N5O2S. The molecule has 0 atom stereocenters. The zero-order valence-corrected chi connectivity index (χ0v) is 8.66. The van der Waals surface area contributed by atoms with Crippen molar-refractivity contribution in [2.75, 3.05) is 0 Å². The van der Waals surface area contributed by atoms with E-state index >= 15 is 0 Å². The predicted octanol–water partition coefficient (Wildman–Crippen LogP) is 1.33. The van der Waals surface area contributed by atoms with Crippen molar-refractivity contribution >= 4 is 17.4 Å². The third-order valence-corrected chi connectivity index (χ3v) is 2.34. The molecule has 0 aliphatic rings. The maximum atomic E-state index is 10.4. The Hall–Kier alpha value is -2.09. The molecule has 0 N–H and O–H groups in total. The smallest absolute Gasteiger partial charge is 0.258 e. The van der Waals surface area contributed by atoms with Crippen molar-refractivity contribution in [1.82, 2.24) is 19.9 Å². The average Bonchev–Trinajstić information content (AvgIpc) is 2.31. The molecular weight excluding hydrogens is 230 g/mol. The van der Waals surface area contributed by atoms with Crippen LogP contribution in [0.25, 0.3) is 0 Å². The topological polar surface area (TPSA) is 94.7 Å². The Bertz CT molecular complexity index is 490. The summed E-state index contributed by atoms with van der Waals surface area (Å²) in [5.74, 6) is 0. The van der Waals surface area contributed by atoms with Gasteiger partial charge in [-0.1, -0.05) is 0 Å². The quantitative estimate of drug-likeness (QED) is 0.449. The Kier molecular flexibility index (Phi) is 3.01. The van der Waals surface area contributed by atoms with Crippen molar-refractivity contribution in [3.63, 3.8) is 0 Å². The second-order valence-corrected chi connectivity index (χ2v) is 3.55. The van der Waals surface area contributed by atoms with Gasteiger partial charge in [-0.2, -0.15) is 0 Å². The minimum atomic E-state index is -0.548. The van der Waals surface area contributed by atoms with Crippen molar-refractivity contribution in [1.29, 1.82) is 0 Å². The fourth-order valence-electron chi connectivity index (χ4n) is 0.876. The van der Waals surface area contributed by atoms with E-state index < -0.39 is 4.92 Å². The van der Waals surface area contributed by atoms with Gasteiger partial charge in [0.05, 0.1) is 4.92 Å². The molecule has 0 unspecified atom stereocenters. The molecule has 0 aromatic carbocycles. The van der Waals surface area contributed by atoms with Crippen LogP contribution in [0.1, 0.15) is 0 Å². The van der Waals surface area contributed by atoms with Gasteiger partial charge in [0.15, 0.2) is 10.3 Å². The molecule has 0 bridgehead atoms. The van der Waals surface area contributed by atoms with Crippen LogP contribution in [-0.2, 0) is 0 Å². The minimum absolute atomic E-state index is 0.140. The number of nitrogens with zero attached hydrogens (tertiary/aromatic N) is 5. The van der Waals surface area contributed by atoms with Crippen LogP contribution in [0.15, 0.2) is 41.2 Å². The Labute approximate surface area is 94.1 Å². The third-order valence-electron chi connectivity index (χ3n) is 1.55. The van der Waals surface area contributed by atoms with E-state index in [4.69, 9.17) is 0 Å². The number of hydrogen-bond donors (Lipinski definition) is 0. The van der Waals surface area contributed by atoms with Crippen LogP contribution in [0.3, 0.4) is 0 Å². The summed E-state index contributed by atoms with van der Waals surface area (Å²) in [6.45, 7) is 0. The summed E-state index contributed by atoms with van der Waals surface area (Å²) in [5.41, 5.74) is -0.140. The fourth-order valence-corrected chi connectivity index (χ4v) is 1.48. The van der Waals surface area contributed by atoms with Gasteiger partial charge < -0.3 is 0 Å². The monoisotopic (exact) mass is 235 g/mol. The summed E-state index contributed by atoms with van der Waals surface area (Å²) in [5, 5.41) is 11.2. The second-order valence-electron chi connectivity index (χ2n) is 2.61. The molecule has 0 spiro atoms. The molecule has 2 aromatic heterocycles. The van der Waals surface area contributed by atoms with E-state index in [1.54, 1.807) is 18.5 Å². The van der Waals surface area contributed by atoms with Crippen LogP contribution in [-0.4, -0.2) is 24.9 Å². The molecule has 0 saturated heterocycles. The van der Waals surface area contributed by atoms with Gasteiger partial charge in [-0.3, -0.25) is 10.1 Å². The number of hydrogen-bond acceptors (Lipinski definition) is 7. The summed E-state index contributed by atoms with van der Waals surface area (Å²) in [4.78, 5) is 25.4. The predicted molar refractivity (Wildman–Crippen MR) is 54.8 cm³/mol. The van der Waals surface area contributed by atoms with Gasteiger partial charge in [0.25, 0.3) is 0 Å². The molecule has 16 heavy (non-hydrogen) atoms. The van der Waals surface area contributed by atoms with Gasteiger partial charge in [-0.25, -0.2) is 19.9 Å². The summed E-state index contributed by atoms with van der Waals surface area (Å²) in [6.07, 6.45) is 5.50. The molecule has 7 nitrogen and oxygen atoms in total. The Morgan fingerprint density at radius 2 is 1.62 bits per heavy atom. The van der Waals surface area contributed by atoms with Gasteiger partial charge in [0, 0.05) is 12.4 Å². The third kappa shape index (κ3) is 2.48. The second kappa shape index (κ2) is 4.62. The fraction of sp³-hybridized carbons (Fsp3) is 0. The zero-order valence-electron chi connectivity index (χ0n) is 7.85. The highest BCUT2D eigenvalue weighted by Crippen LogP contribution is 2.20. The summed E-state index contributed by atoms with van der Waals surface area (Å²) in [7, 11) is 0. The molecule has 0 aliphatic carbocycles. The van der Waals surface area contributed by atoms with E-state index in [-0.39, 0.29) is 5.69 Å². The molecule has 8 heteroatoms. The highest BCUT2D eigenvalue weighted by Gasteiger charge is 2.08. The molecule has 80 valence electrons. The van der Waals surface area contributed by atoms with Crippen molar-refractivity contribution in [3.05, 3.63) is 41.0 Å². The van der Waals surface area contributed by atoms with Crippen molar-refractivity contribution in [3.8, 4) is 0 Å². The Balaban J connectivity index is 2.14.